The number of aliphatic carboxylic acids is 1. The molecule has 21 heavy (non-hydrogen) atoms. The quantitative estimate of drug-likeness (QED) is 0.894. The Labute approximate surface area is 125 Å². The molecule has 2 fully saturated rings. The van der Waals surface area contributed by atoms with Crippen LogP contribution in [0.1, 0.15) is 36.8 Å². The molecule has 0 aliphatic heterocycles. The van der Waals surface area contributed by atoms with E-state index in [4.69, 9.17) is 0 Å². The second kappa shape index (κ2) is 5.13. The van der Waals surface area contributed by atoms with E-state index < -0.39 is 5.97 Å². The van der Waals surface area contributed by atoms with Crippen LogP contribution >= 0.6 is 0 Å². The molecular weight excluding hydrogens is 262 g/mol. The normalized spacial score (nSPS) is 32.3. The van der Waals surface area contributed by atoms with E-state index in [0.717, 1.165) is 25.7 Å². The summed E-state index contributed by atoms with van der Waals surface area (Å²) >= 11 is 0. The molecule has 0 amide bonds. The summed E-state index contributed by atoms with van der Waals surface area (Å²) in [6, 6.07) is 8.83. The molecule has 0 spiro atoms. The van der Waals surface area contributed by atoms with Crippen LogP contribution < -0.4 is 5.32 Å². The number of hydrogen-bond donors (Lipinski definition) is 2. The molecule has 0 aromatic heterocycles. The van der Waals surface area contributed by atoms with Crippen molar-refractivity contribution in [2.24, 2.45) is 17.8 Å². The lowest BCUT2D eigenvalue weighted by Gasteiger charge is -2.27. The molecule has 2 saturated carbocycles. The van der Waals surface area contributed by atoms with Crippen molar-refractivity contribution in [1.29, 1.82) is 0 Å². The minimum absolute atomic E-state index is 0.320. The van der Waals surface area contributed by atoms with Crippen molar-refractivity contribution >= 4 is 5.97 Å². The van der Waals surface area contributed by atoms with Gasteiger partial charge in [0.15, 0.2) is 0 Å². The molecular formula is C18H23NO2. The molecule has 3 nitrogen and oxygen atoms in total. The van der Waals surface area contributed by atoms with Crippen LogP contribution in [0.2, 0.25) is 0 Å². The maximum absolute atomic E-state index is 11.5. The van der Waals surface area contributed by atoms with Crippen LogP contribution in [0.5, 0.6) is 0 Å². The van der Waals surface area contributed by atoms with E-state index in [0.29, 0.717) is 23.8 Å². The Kier molecular flexibility index (Phi) is 3.26. The van der Waals surface area contributed by atoms with Gasteiger partial charge >= 0.3 is 5.97 Å². The summed E-state index contributed by atoms with van der Waals surface area (Å²) in [7, 11) is 0. The molecule has 1 aromatic rings. The lowest BCUT2D eigenvalue weighted by Crippen LogP contribution is -2.49. The van der Waals surface area contributed by atoms with Gasteiger partial charge in [-0.05, 0) is 67.4 Å². The van der Waals surface area contributed by atoms with Gasteiger partial charge in [0, 0.05) is 6.04 Å². The molecule has 1 aromatic carbocycles. The highest BCUT2D eigenvalue weighted by Gasteiger charge is 2.44. The Balaban J connectivity index is 1.56. The topological polar surface area (TPSA) is 49.3 Å². The summed E-state index contributed by atoms with van der Waals surface area (Å²) in [5.41, 5.74) is 2.96. The summed E-state index contributed by atoms with van der Waals surface area (Å²) in [4.78, 5) is 11.5. The fourth-order valence-corrected chi connectivity index (χ4v) is 4.47. The smallest absolute Gasteiger partial charge is 0.320 e. The van der Waals surface area contributed by atoms with E-state index in [9.17, 15) is 9.90 Å². The molecule has 0 heterocycles. The molecule has 3 atom stereocenters. The van der Waals surface area contributed by atoms with E-state index in [2.05, 4.69) is 29.6 Å². The highest BCUT2D eigenvalue weighted by molar-refractivity contribution is 5.74. The van der Waals surface area contributed by atoms with Gasteiger partial charge in [0.2, 0.25) is 0 Å². The monoisotopic (exact) mass is 285 g/mol. The number of rotatable bonds is 4. The van der Waals surface area contributed by atoms with Gasteiger partial charge in [-0.3, -0.25) is 4.79 Å². The zero-order valence-corrected chi connectivity index (χ0v) is 12.3. The number of nitrogens with one attached hydrogen (secondary N) is 1. The van der Waals surface area contributed by atoms with Crippen molar-refractivity contribution < 1.29 is 9.90 Å². The Morgan fingerprint density at radius 3 is 2.10 bits per heavy atom. The largest absolute Gasteiger partial charge is 0.480 e. The van der Waals surface area contributed by atoms with Gasteiger partial charge in [0.05, 0.1) is 0 Å². The van der Waals surface area contributed by atoms with Crippen LogP contribution in [0.4, 0.5) is 0 Å². The van der Waals surface area contributed by atoms with Crippen molar-refractivity contribution in [2.45, 2.75) is 50.6 Å². The van der Waals surface area contributed by atoms with Crippen LogP contribution in [0.3, 0.4) is 0 Å². The summed E-state index contributed by atoms with van der Waals surface area (Å²) in [6.45, 7) is 0. The van der Waals surface area contributed by atoms with E-state index in [1.165, 1.54) is 24.0 Å². The number of carbonyl (C=O) groups is 1. The molecule has 0 saturated heterocycles. The SMILES string of the molecule is O=C(O)C(NC1C2CCC1Cc1ccccc1C2)C1CC1. The van der Waals surface area contributed by atoms with Crippen molar-refractivity contribution in [1.82, 2.24) is 5.32 Å². The maximum Gasteiger partial charge on any atom is 0.320 e. The molecule has 3 aliphatic carbocycles. The predicted molar refractivity (Wildman–Crippen MR) is 81.1 cm³/mol. The number of carboxylic acid groups (broad SMARTS) is 1. The Hall–Kier alpha value is -1.35. The number of benzene rings is 1. The van der Waals surface area contributed by atoms with Gasteiger partial charge < -0.3 is 10.4 Å². The molecule has 2 bridgehead atoms. The molecule has 2 N–H and O–H groups in total. The molecule has 3 aliphatic rings. The second-order valence-corrected chi connectivity index (χ2v) is 7.12. The average Bonchev–Trinajstić information content (AvgIpc) is 3.22. The van der Waals surface area contributed by atoms with Crippen LogP contribution in [0, 0.1) is 17.8 Å². The van der Waals surface area contributed by atoms with Crippen LogP contribution in [-0.2, 0) is 17.6 Å². The second-order valence-electron chi connectivity index (χ2n) is 7.12. The fraction of sp³-hybridized carbons (Fsp3) is 0.611. The van der Waals surface area contributed by atoms with Crippen molar-refractivity contribution in [3.8, 4) is 0 Å². The number of fused-ring (bicyclic) bond motifs is 3. The third-order valence-electron chi connectivity index (χ3n) is 5.74. The van der Waals surface area contributed by atoms with Gasteiger partial charge in [-0.1, -0.05) is 24.3 Å². The molecule has 3 heteroatoms. The van der Waals surface area contributed by atoms with Gasteiger partial charge in [0.1, 0.15) is 6.04 Å². The average molecular weight is 285 g/mol. The van der Waals surface area contributed by atoms with Crippen LogP contribution in [0.25, 0.3) is 0 Å². The number of carboxylic acids is 1. The highest BCUT2D eigenvalue weighted by atomic mass is 16.4. The molecule has 4 rings (SSSR count). The highest BCUT2D eigenvalue weighted by Crippen LogP contribution is 2.41. The van der Waals surface area contributed by atoms with Gasteiger partial charge in [-0.15, -0.1) is 0 Å². The fourth-order valence-electron chi connectivity index (χ4n) is 4.47. The predicted octanol–water partition coefficient (Wildman–Crippen LogP) is 2.63. The Morgan fingerprint density at radius 2 is 1.62 bits per heavy atom. The van der Waals surface area contributed by atoms with Crippen molar-refractivity contribution in [3.05, 3.63) is 35.4 Å². The first kappa shape index (κ1) is 13.3. The zero-order valence-electron chi connectivity index (χ0n) is 12.3. The van der Waals surface area contributed by atoms with Crippen molar-refractivity contribution in [2.75, 3.05) is 0 Å². The Morgan fingerprint density at radius 1 is 1.05 bits per heavy atom. The van der Waals surface area contributed by atoms with Gasteiger partial charge in [0.25, 0.3) is 0 Å². The Bertz CT molecular complexity index is 519. The molecule has 112 valence electrons. The van der Waals surface area contributed by atoms with E-state index in [1.54, 1.807) is 0 Å². The van der Waals surface area contributed by atoms with Crippen LogP contribution in [-0.4, -0.2) is 23.2 Å². The van der Waals surface area contributed by atoms with Gasteiger partial charge in [-0.2, -0.15) is 0 Å². The number of hydrogen-bond acceptors (Lipinski definition) is 2. The lowest BCUT2D eigenvalue weighted by atomic mass is 9.94. The third-order valence-corrected chi connectivity index (χ3v) is 5.74. The summed E-state index contributed by atoms with van der Waals surface area (Å²) in [6.07, 6.45) is 6.86. The first-order valence-electron chi connectivity index (χ1n) is 8.28. The lowest BCUT2D eigenvalue weighted by molar-refractivity contribution is -0.140. The summed E-state index contributed by atoms with van der Waals surface area (Å²) in [5.74, 6) is 0.935. The van der Waals surface area contributed by atoms with Crippen LogP contribution in [0.15, 0.2) is 24.3 Å². The van der Waals surface area contributed by atoms with Crippen molar-refractivity contribution in [3.63, 3.8) is 0 Å². The third kappa shape index (κ3) is 2.48. The van der Waals surface area contributed by atoms with E-state index >= 15 is 0 Å². The summed E-state index contributed by atoms with van der Waals surface area (Å²) in [5, 5.41) is 13.0. The zero-order chi connectivity index (χ0) is 14.4. The maximum atomic E-state index is 11.5. The first-order valence-corrected chi connectivity index (χ1v) is 8.28. The van der Waals surface area contributed by atoms with E-state index in [-0.39, 0.29) is 6.04 Å². The standard InChI is InChI=1S/C18H23NO2/c20-18(21)17(11-5-6-11)19-16-14-7-8-15(16)10-13-4-2-1-3-12(13)9-14/h1-4,11,14-17,19H,5-10H2,(H,20,21). The first-order chi connectivity index (χ1) is 10.2. The summed E-state index contributed by atoms with van der Waals surface area (Å²) < 4.78 is 0. The minimum Gasteiger partial charge on any atom is -0.480 e. The molecule has 0 radical (unpaired) electrons. The minimum atomic E-state index is -0.654. The molecule has 3 unspecified atom stereocenters. The van der Waals surface area contributed by atoms with E-state index in [1.807, 2.05) is 0 Å². The van der Waals surface area contributed by atoms with Gasteiger partial charge in [-0.25, -0.2) is 0 Å².